The Kier molecular flexibility index (Phi) is 4.12. The SMILES string of the molecule is CCn1cnnc1CNC(=O)c1cc(O)ccc1[N+](=O)[O-]. The van der Waals surface area contributed by atoms with Crippen LogP contribution in [0.3, 0.4) is 0 Å². The number of carbonyl (C=O) groups is 1. The molecule has 21 heavy (non-hydrogen) atoms. The molecule has 0 saturated heterocycles. The molecule has 2 aromatic rings. The molecule has 2 N–H and O–H groups in total. The maximum Gasteiger partial charge on any atom is 0.282 e. The largest absolute Gasteiger partial charge is 0.508 e. The van der Waals surface area contributed by atoms with E-state index in [1.807, 2.05) is 6.92 Å². The van der Waals surface area contributed by atoms with Gasteiger partial charge in [0.05, 0.1) is 11.5 Å². The van der Waals surface area contributed by atoms with Gasteiger partial charge in [0.25, 0.3) is 11.6 Å². The predicted molar refractivity (Wildman–Crippen MR) is 71.6 cm³/mol. The lowest BCUT2D eigenvalue weighted by Crippen LogP contribution is -2.25. The Morgan fingerprint density at radius 2 is 2.29 bits per heavy atom. The average molecular weight is 291 g/mol. The number of carbonyl (C=O) groups excluding carboxylic acids is 1. The number of aromatic hydroxyl groups is 1. The van der Waals surface area contributed by atoms with Crippen molar-refractivity contribution < 1.29 is 14.8 Å². The van der Waals surface area contributed by atoms with Gasteiger partial charge >= 0.3 is 0 Å². The molecule has 1 heterocycles. The maximum absolute atomic E-state index is 12.0. The molecule has 0 atom stereocenters. The van der Waals surface area contributed by atoms with Crippen LogP contribution in [0, 0.1) is 10.1 Å². The molecule has 0 spiro atoms. The Balaban J connectivity index is 2.17. The first-order valence-electron chi connectivity index (χ1n) is 6.15. The van der Waals surface area contributed by atoms with Crippen molar-refractivity contribution in [2.75, 3.05) is 0 Å². The Hall–Kier alpha value is -2.97. The second-order valence-electron chi connectivity index (χ2n) is 4.17. The van der Waals surface area contributed by atoms with Crippen molar-refractivity contribution >= 4 is 11.6 Å². The van der Waals surface area contributed by atoms with Crippen LogP contribution >= 0.6 is 0 Å². The number of amides is 1. The van der Waals surface area contributed by atoms with Crippen LogP contribution in [-0.4, -0.2) is 30.7 Å². The zero-order valence-electron chi connectivity index (χ0n) is 11.2. The van der Waals surface area contributed by atoms with Crippen molar-refractivity contribution in [3.8, 4) is 5.75 Å². The summed E-state index contributed by atoms with van der Waals surface area (Å²) in [7, 11) is 0. The molecular formula is C12H13N5O4. The van der Waals surface area contributed by atoms with Crippen molar-refractivity contribution in [3.05, 3.63) is 46.0 Å². The molecule has 0 aliphatic heterocycles. The van der Waals surface area contributed by atoms with Gasteiger partial charge in [-0.1, -0.05) is 0 Å². The van der Waals surface area contributed by atoms with E-state index >= 15 is 0 Å². The Bertz CT molecular complexity index is 682. The highest BCUT2D eigenvalue weighted by atomic mass is 16.6. The van der Waals surface area contributed by atoms with E-state index < -0.39 is 10.8 Å². The topological polar surface area (TPSA) is 123 Å². The molecule has 1 aromatic heterocycles. The molecule has 0 fully saturated rings. The summed E-state index contributed by atoms with van der Waals surface area (Å²) in [5.74, 6) is -0.348. The van der Waals surface area contributed by atoms with Gasteiger partial charge in [0.2, 0.25) is 0 Å². The number of nitrogens with zero attached hydrogens (tertiary/aromatic N) is 4. The van der Waals surface area contributed by atoms with Gasteiger partial charge in [0.15, 0.2) is 5.82 Å². The minimum atomic E-state index is -0.678. The molecule has 110 valence electrons. The van der Waals surface area contributed by atoms with Gasteiger partial charge < -0.3 is 15.0 Å². The number of phenolic OH excluding ortho intramolecular Hbond substituents is 1. The number of phenols is 1. The second-order valence-corrected chi connectivity index (χ2v) is 4.17. The number of nitro benzene ring substituents is 1. The molecule has 2 rings (SSSR count). The molecule has 0 radical (unpaired) electrons. The molecule has 1 aromatic carbocycles. The van der Waals surface area contributed by atoms with E-state index in [0.29, 0.717) is 12.4 Å². The standard InChI is InChI=1S/C12H13N5O4/c1-2-16-7-14-15-11(16)6-13-12(19)9-5-8(18)3-4-10(9)17(20)21/h3-5,7,18H,2,6H2,1H3,(H,13,19). The number of benzene rings is 1. The van der Waals surface area contributed by atoms with Crippen LogP contribution in [0.5, 0.6) is 5.75 Å². The highest BCUT2D eigenvalue weighted by molar-refractivity contribution is 5.98. The number of hydrogen-bond donors (Lipinski definition) is 2. The summed E-state index contributed by atoms with van der Waals surface area (Å²) >= 11 is 0. The molecule has 9 nitrogen and oxygen atoms in total. The smallest absolute Gasteiger partial charge is 0.282 e. The third kappa shape index (κ3) is 3.14. The van der Waals surface area contributed by atoms with Crippen LogP contribution in [0.25, 0.3) is 0 Å². The van der Waals surface area contributed by atoms with Crippen molar-refractivity contribution in [1.82, 2.24) is 20.1 Å². The summed E-state index contributed by atoms with van der Waals surface area (Å²) in [4.78, 5) is 22.2. The zero-order chi connectivity index (χ0) is 15.4. The average Bonchev–Trinajstić information content (AvgIpc) is 2.91. The lowest BCUT2D eigenvalue weighted by atomic mass is 10.1. The summed E-state index contributed by atoms with van der Waals surface area (Å²) in [6, 6.07) is 3.29. The van der Waals surface area contributed by atoms with Crippen LogP contribution < -0.4 is 5.32 Å². The normalized spacial score (nSPS) is 10.3. The highest BCUT2D eigenvalue weighted by Gasteiger charge is 2.21. The fraction of sp³-hybridized carbons (Fsp3) is 0.250. The Morgan fingerprint density at radius 1 is 1.52 bits per heavy atom. The minimum Gasteiger partial charge on any atom is -0.508 e. The summed E-state index contributed by atoms with van der Waals surface area (Å²) < 4.78 is 1.73. The van der Waals surface area contributed by atoms with E-state index in [-0.39, 0.29) is 23.5 Å². The van der Waals surface area contributed by atoms with E-state index in [4.69, 9.17) is 0 Å². The number of aromatic nitrogens is 3. The summed E-state index contributed by atoms with van der Waals surface area (Å²) in [5, 5.41) is 30.3. The van der Waals surface area contributed by atoms with Gasteiger partial charge in [-0.25, -0.2) is 0 Å². The van der Waals surface area contributed by atoms with Gasteiger partial charge in [0.1, 0.15) is 17.6 Å². The van der Waals surface area contributed by atoms with Crippen LogP contribution in [0.2, 0.25) is 0 Å². The van der Waals surface area contributed by atoms with E-state index in [1.54, 1.807) is 4.57 Å². The third-order valence-electron chi connectivity index (χ3n) is 2.86. The van der Waals surface area contributed by atoms with Crippen LogP contribution in [0.15, 0.2) is 24.5 Å². The van der Waals surface area contributed by atoms with Crippen molar-refractivity contribution in [2.24, 2.45) is 0 Å². The zero-order valence-corrected chi connectivity index (χ0v) is 11.2. The number of hydrogen-bond acceptors (Lipinski definition) is 6. The van der Waals surface area contributed by atoms with Crippen LogP contribution in [0.4, 0.5) is 5.69 Å². The predicted octanol–water partition coefficient (Wildman–Crippen LogP) is 0.842. The summed E-state index contributed by atoms with van der Waals surface area (Å²) in [5.41, 5.74) is -0.579. The molecular weight excluding hydrogens is 278 g/mol. The molecule has 0 saturated carbocycles. The van der Waals surface area contributed by atoms with Gasteiger partial charge in [-0.15, -0.1) is 10.2 Å². The molecule has 1 amide bonds. The minimum absolute atomic E-state index is 0.0828. The molecule has 0 unspecified atom stereocenters. The Labute approximate surface area is 119 Å². The van der Waals surface area contributed by atoms with Crippen molar-refractivity contribution in [1.29, 1.82) is 0 Å². The highest BCUT2D eigenvalue weighted by Crippen LogP contribution is 2.23. The molecule has 0 aliphatic carbocycles. The fourth-order valence-electron chi connectivity index (χ4n) is 1.80. The van der Waals surface area contributed by atoms with E-state index in [9.17, 15) is 20.0 Å². The van der Waals surface area contributed by atoms with E-state index in [2.05, 4.69) is 15.5 Å². The number of nitro groups is 1. The lowest BCUT2D eigenvalue weighted by Gasteiger charge is -2.07. The molecule has 9 heteroatoms. The van der Waals surface area contributed by atoms with Gasteiger partial charge in [-0.05, 0) is 19.1 Å². The van der Waals surface area contributed by atoms with Gasteiger partial charge in [0, 0.05) is 12.6 Å². The third-order valence-corrected chi connectivity index (χ3v) is 2.86. The fourth-order valence-corrected chi connectivity index (χ4v) is 1.80. The Morgan fingerprint density at radius 3 is 2.95 bits per heavy atom. The summed E-state index contributed by atoms with van der Waals surface area (Å²) in [6.07, 6.45) is 1.53. The molecule has 0 bridgehead atoms. The van der Waals surface area contributed by atoms with Crippen LogP contribution in [0.1, 0.15) is 23.1 Å². The number of aryl methyl sites for hydroxylation is 1. The van der Waals surface area contributed by atoms with Crippen molar-refractivity contribution in [2.45, 2.75) is 20.0 Å². The number of nitrogens with one attached hydrogen (secondary N) is 1. The maximum atomic E-state index is 12.0. The first kappa shape index (κ1) is 14.4. The van der Waals surface area contributed by atoms with Gasteiger partial charge in [-0.2, -0.15) is 0 Å². The second kappa shape index (κ2) is 5.99. The lowest BCUT2D eigenvalue weighted by molar-refractivity contribution is -0.385. The van der Waals surface area contributed by atoms with Crippen molar-refractivity contribution in [3.63, 3.8) is 0 Å². The first-order valence-corrected chi connectivity index (χ1v) is 6.15. The van der Waals surface area contributed by atoms with E-state index in [0.717, 1.165) is 18.2 Å². The number of rotatable bonds is 5. The first-order chi connectivity index (χ1) is 10.0. The monoisotopic (exact) mass is 291 g/mol. The van der Waals surface area contributed by atoms with E-state index in [1.165, 1.54) is 6.33 Å². The molecule has 0 aliphatic rings. The quantitative estimate of drug-likeness (QED) is 0.621. The van der Waals surface area contributed by atoms with Crippen LogP contribution in [-0.2, 0) is 13.1 Å². The summed E-state index contributed by atoms with van der Waals surface area (Å²) in [6.45, 7) is 2.62. The van der Waals surface area contributed by atoms with Gasteiger partial charge in [-0.3, -0.25) is 14.9 Å².